The molecule has 0 saturated heterocycles. The first-order chi connectivity index (χ1) is 17.5. The van der Waals surface area contributed by atoms with E-state index in [2.05, 4.69) is 57.3 Å². The van der Waals surface area contributed by atoms with Crippen LogP contribution in [0.2, 0.25) is 0 Å². The smallest absolute Gasteiger partial charge is 0.255 e. The van der Waals surface area contributed by atoms with Crippen LogP contribution < -0.4 is 20.1 Å². The van der Waals surface area contributed by atoms with Gasteiger partial charge in [0.05, 0.1) is 18.4 Å². The van der Waals surface area contributed by atoms with Crippen molar-refractivity contribution in [3.05, 3.63) is 101 Å². The summed E-state index contributed by atoms with van der Waals surface area (Å²) >= 11 is 0. The molecule has 1 aliphatic heterocycles. The van der Waals surface area contributed by atoms with Gasteiger partial charge in [-0.25, -0.2) is 0 Å². The fraction of sp³-hybridized carbons (Fsp3) is 0.185. The minimum Gasteiger partial charge on any atom is -0.495 e. The van der Waals surface area contributed by atoms with E-state index in [0.29, 0.717) is 35.3 Å². The van der Waals surface area contributed by atoms with E-state index in [1.165, 1.54) is 5.56 Å². The second-order valence-electron chi connectivity index (χ2n) is 8.51. The van der Waals surface area contributed by atoms with Gasteiger partial charge >= 0.3 is 0 Å². The second-order valence-corrected chi connectivity index (χ2v) is 8.51. The van der Waals surface area contributed by atoms with Gasteiger partial charge in [-0.2, -0.15) is 4.68 Å². The summed E-state index contributed by atoms with van der Waals surface area (Å²) in [4.78, 5) is 13.5. The molecule has 4 aromatic rings. The van der Waals surface area contributed by atoms with Gasteiger partial charge in [0, 0.05) is 5.70 Å². The van der Waals surface area contributed by atoms with Crippen LogP contribution in [-0.4, -0.2) is 33.2 Å². The van der Waals surface area contributed by atoms with Gasteiger partial charge in [-0.3, -0.25) is 4.79 Å². The molecule has 3 aromatic carbocycles. The average Bonchev–Trinajstić information content (AvgIpc) is 3.36. The third kappa shape index (κ3) is 4.63. The molecule has 2 heterocycles. The van der Waals surface area contributed by atoms with Crippen LogP contribution in [0, 0.1) is 6.92 Å². The molecule has 1 amide bonds. The summed E-state index contributed by atoms with van der Waals surface area (Å²) in [6, 6.07) is 22.6. The van der Waals surface area contributed by atoms with E-state index in [1.54, 1.807) is 23.9 Å². The molecule has 1 atom stereocenters. The van der Waals surface area contributed by atoms with E-state index >= 15 is 0 Å². The third-order valence-electron chi connectivity index (χ3n) is 6.04. The summed E-state index contributed by atoms with van der Waals surface area (Å²) < 4.78 is 13.0. The Balaban J connectivity index is 1.41. The van der Waals surface area contributed by atoms with Gasteiger partial charge in [-0.05, 0) is 59.7 Å². The highest BCUT2D eigenvalue weighted by atomic mass is 16.5. The standard InChI is InChI=1S/C27H26N6O3/c1-17-8-10-19(11-9-17)16-36-21-14-12-20(13-15-21)25-24(18(2)28-27-30-31-32-33(25)27)26(34)29-22-6-4-5-7-23(22)35-3/h4-15,25H,16H2,1-3H3,(H,29,34)(H,28,30,32)/t25-/m0/s1. The highest BCUT2D eigenvalue weighted by Gasteiger charge is 2.34. The number of amides is 1. The van der Waals surface area contributed by atoms with Crippen LogP contribution in [0.25, 0.3) is 0 Å². The van der Waals surface area contributed by atoms with E-state index < -0.39 is 6.04 Å². The number of nitrogens with one attached hydrogen (secondary N) is 2. The number of carbonyl (C=O) groups is 1. The normalized spacial score (nSPS) is 14.6. The Kier molecular flexibility index (Phi) is 6.36. The zero-order valence-electron chi connectivity index (χ0n) is 20.2. The molecule has 0 saturated carbocycles. The maximum atomic E-state index is 13.5. The molecule has 0 fully saturated rings. The fourth-order valence-electron chi connectivity index (χ4n) is 4.15. The molecule has 36 heavy (non-hydrogen) atoms. The van der Waals surface area contributed by atoms with Crippen LogP contribution in [0.4, 0.5) is 11.6 Å². The highest BCUT2D eigenvalue weighted by molar-refractivity contribution is 6.06. The van der Waals surface area contributed by atoms with Gasteiger partial charge in [0.2, 0.25) is 5.95 Å². The molecule has 5 rings (SSSR count). The summed E-state index contributed by atoms with van der Waals surface area (Å²) in [7, 11) is 1.57. The maximum absolute atomic E-state index is 13.5. The van der Waals surface area contributed by atoms with Crippen LogP contribution in [0.1, 0.15) is 29.7 Å². The molecule has 0 radical (unpaired) electrons. The zero-order valence-corrected chi connectivity index (χ0v) is 20.2. The number of benzene rings is 3. The zero-order chi connectivity index (χ0) is 25.1. The summed E-state index contributed by atoms with van der Waals surface area (Å²) in [6.45, 7) is 4.36. The number of rotatable bonds is 7. The number of hydrogen-bond acceptors (Lipinski definition) is 7. The predicted octanol–water partition coefficient (Wildman–Crippen LogP) is 4.50. The SMILES string of the molecule is COc1ccccc1NC(=O)C1=C(C)Nc2nnnn2[C@H]1c1ccc(OCc2ccc(C)cc2)cc1. The first kappa shape index (κ1) is 23.1. The number of carbonyl (C=O) groups excluding carboxylic acids is 1. The molecule has 0 unspecified atom stereocenters. The Bertz CT molecular complexity index is 1410. The van der Waals surface area contributed by atoms with Gasteiger partial charge in [0.25, 0.3) is 5.91 Å². The number of allylic oxidation sites excluding steroid dienone is 1. The Morgan fingerprint density at radius 1 is 1.03 bits per heavy atom. The molecule has 2 N–H and O–H groups in total. The predicted molar refractivity (Wildman–Crippen MR) is 136 cm³/mol. The molecule has 1 aromatic heterocycles. The van der Waals surface area contributed by atoms with Crippen molar-refractivity contribution in [2.45, 2.75) is 26.5 Å². The molecule has 0 bridgehead atoms. The van der Waals surface area contributed by atoms with E-state index in [-0.39, 0.29) is 5.91 Å². The maximum Gasteiger partial charge on any atom is 0.255 e. The molecular formula is C27H26N6O3. The summed E-state index contributed by atoms with van der Waals surface area (Å²) in [5.74, 6) is 1.48. The molecule has 1 aliphatic rings. The number of fused-ring (bicyclic) bond motifs is 1. The number of methoxy groups -OCH3 is 1. The second kappa shape index (κ2) is 9.91. The molecule has 182 valence electrons. The van der Waals surface area contributed by atoms with Crippen molar-refractivity contribution >= 4 is 17.5 Å². The van der Waals surface area contributed by atoms with Crippen LogP contribution >= 0.6 is 0 Å². The molecule has 0 spiro atoms. The molecule has 0 aliphatic carbocycles. The summed E-state index contributed by atoms with van der Waals surface area (Å²) in [5.41, 5.74) is 4.88. The number of tetrazole rings is 1. The van der Waals surface area contributed by atoms with Gasteiger partial charge < -0.3 is 20.1 Å². The Morgan fingerprint density at radius 3 is 2.53 bits per heavy atom. The van der Waals surface area contributed by atoms with E-state index in [0.717, 1.165) is 16.9 Å². The van der Waals surface area contributed by atoms with Crippen molar-refractivity contribution in [3.8, 4) is 11.5 Å². The van der Waals surface area contributed by atoms with Crippen LogP contribution in [0.15, 0.2) is 84.1 Å². The Hall–Kier alpha value is -4.66. The van der Waals surface area contributed by atoms with E-state index in [1.807, 2.05) is 43.3 Å². The van der Waals surface area contributed by atoms with Gasteiger partial charge in [-0.1, -0.05) is 59.2 Å². The van der Waals surface area contributed by atoms with Crippen LogP contribution in [-0.2, 0) is 11.4 Å². The fourth-order valence-corrected chi connectivity index (χ4v) is 4.15. The van der Waals surface area contributed by atoms with Crippen molar-refractivity contribution in [1.29, 1.82) is 0 Å². The lowest BCUT2D eigenvalue weighted by Crippen LogP contribution is -2.31. The van der Waals surface area contributed by atoms with Gasteiger partial charge in [0.15, 0.2) is 0 Å². The van der Waals surface area contributed by atoms with Crippen molar-refractivity contribution in [1.82, 2.24) is 20.2 Å². The first-order valence-electron chi connectivity index (χ1n) is 11.5. The van der Waals surface area contributed by atoms with E-state index in [4.69, 9.17) is 9.47 Å². The largest absolute Gasteiger partial charge is 0.495 e. The number of anilines is 2. The van der Waals surface area contributed by atoms with Gasteiger partial charge in [0.1, 0.15) is 24.1 Å². The molecular weight excluding hydrogens is 456 g/mol. The van der Waals surface area contributed by atoms with Crippen LogP contribution in [0.5, 0.6) is 11.5 Å². The summed E-state index contributed by atoms with van der Waals surface area (Å²) in [5, 5.41) is 18.1. The highest BCUT2D eigenvalue weighted by Crippen LogP contribution is 2.36. The van der Waals surface area contributed by atoms with Gasteiger partial charge in [-0.15, -0.1) is 0 Å². The molecule has 9 nitrogen and oxygen atoms in total. The number of hydrogen-bond donors (Lipinski definition) is 2. The van der Waals surface area contributed by atoms with Crippen molar-refractivity contribution in [2.24, 2.45) is 0 Å². The number of nitrogens with zero attached hydrogens (tertiary/aromatic N) is 4. The minimum absolute atomic E-state index is 0.282. The lowest BCUT2D eigenvalue weighted by atomic mass is 9.95. The molecule has 9 heteroatoms. The van der Waals surface area contributed by atoms with Crippen LogP contribution in [0.3, 0.4) is 0 Å². The number of ether oxygens (including phenoxy) is 2. The lowest BCUT2D eigenvalue weighted by Gasteiger charge is -2.28. The Labute approximate surface area is 208 Å². The van der Waals surface area contributed by atoms with Crippen molar-refractivity contribution < 1.29 is 14.3 Å². The number of aryl methyl sites for hydroxylation is 1. The first-order valence-corrected chi connectivity index (χ1v) is 11.5. The topological polar surface area (TPSA) is 103 Å². The average molecular weight is 483 g/mol. The summed E-state index contributed by atoms with van der Waals surface area (Å²) in [6.07, 6.45) is 0. The monoisotopic (exact) mass is 482 g/mol. The third-order valence-corrected chi connectivity index (χ3v) is 6.04. The van der Waals surface area contributed by atoms with E-state index in [9.17, 15) is 4.79 Å². The number of aromatic nitrogens is 4. The lowest BCUT2D eigenvalue weighted by molar-refractivity contribution is -0.113. The quantitative estimate of drug-likeness (QED) is 0.400. The minimum atomic E-state index is -0.530. The van der Waals surface area contributed by atoms with Crippen molar-refractivity contribution in [2.75, 3.05) is 17.7 Å². The number of para-hydroxylation sites is 2. The Morgan fingerprint density at radius 2 is 1.78 bits per heavy atom. The van der Waals surface area contributed by atoms with Crippen molar-refractivity contribution in [3.63, 3.8) is 0 Å².